The Morgan fingerprint density at radius 3 is 2.26 bits per heavy atom. The molecular formula is C22H35N3O2. The number of nitrogens with one attached hydrogen (secondary N) is 1. The maximum atomic E-state index is 11.9. The molecule has 0 spiro atoms. The van der Waals surface area contributed by atoms with E-state index >= 15 is 0 Å². The van der Waals surface area contributed by atoms with E-state index in [4.69, 9.17) is 4.74 Å². The van der Waals surface area contributed by atoms with Crippen LogP contribution in [0.3, 0.4) is 0 Å². The molecule has 1 saturated carbocycles. The highest BCUT2D eigenvalue weighted by Gasteiger charge is 2.29. The van der Waals surface area contributed by atoms with Crippen LogP contribution in [-0.4, -0.2) is 59.8 Å². The number of carbonyl (C=O) groups is 1. The van der Waals surface area contributed by atoms with E-state index in [2.05, 4.69) is 45.4 Å². The van der Waals surface area contributed by atoms with Crippen LogP contribution in [0, 0.1) is 0 Å². The first-order valence-corrected chi connectivity index (χ1v) is 10.4. The topological polar surface area (TPSA) is 44.8 Å². The zero-order valence-electron chi connectivity index (χ0n) is 17.1. The standard InChI is InChI=1S/C22H35N3O2/c1-22(2,3)27-21(26)23-19-9-11-20(12-10-19)25-15-13-24(14-16-25)17-18-7-5-4-6-8-18/h4-8,19-20H,9-17H2,1-3H3,(H,23,26)/t19-,20-. The van der Waals surface area contributed by atoms with E-state index in [1.807, 2.05) is 20.8 Å². The van der Waals surface area contributed by atoms with Gasteiger partial charge < -0.3 is 10.1 Å². The predicted molar refractivity (Wildman–Crippen MR) is 109 cm³/mol. The van der Waals surface area contributed by atoms with Crippen molar-refractivity contribution < 1.29 is 9.53 Å². The van der Waals surface area contributed by atoms with Gasteiger partial charge in [-0.1, -0.05) is 30.3 Å². The molecule has 0 unspecified atom stereocenters. The van der Waals surface area contributed by atoms with Crippen LogP contribution in [0.15, 0.2) is 30.3 Å². The maximum absolute atomic E-state index is 11.9. The van der Waals surface area contributed by atoms with Crippen molar-refractivity contribution in [2.45, 2.75) is 70.7 Å². The molecule has 0 aromatic heterocycles. The molecule has 1 aliphatic heterocycles. The number of amides is 1. The molecule has 2 fully saturated rings. The molecule has 0 atom stereocenters. The lowest BCUT2D eigenvalue weighted by atomic mass is 9.90. The van der Waals surface area contributed by atoms with Crippen molar-refractivity contribution >= 4 is 6.09 Å². The lowest BCUT2D eigenvalue weighted by molar-refractivity contribution is 0.0447. The lowest BCUT2D eigenvalue weighted by Crippen LogP contribution is -2.52. The van der Waals surface area contributed by atoms with Gasteiger partial charge in [0, 0.05) is 44.8 Å². The van der Waals surface area contributed by atoms with Gasteiger partial charge in [0.25, 0.3) is 0 Å². The summed E-state index contributed by atoms with van der Waals surface area (Å²) in [5.74, 6) is 0. The fourth-order valence-electron chi connectivity index (χ4n) is 4.19. The molecule has 0 radical (unpaired) electrons. The molecule has 1 heterocycles. The number of piperazine rings is 1. The number of carbonyl (C=O) groups excluding carboxylic acids is 1. The van der Waals surface area contributed by atoms with Gasteiger partial charge in [0.2, 0.25) is 0 Å². The van der Waals surface area contributed by atoms with E-state index in [0.717, 1.165) is 45.6 Å². The summed E-state index contributed by atoms with van der Waals surface area (Å²) in [5, 5.41) is 3.05. The van der Waals surface area contributed by atoms with Crippen LogP contribution in [0.5, 0.6) is 0 Å². The molecule has 1 N–H and O–H groups in total. The Balaban J connectivity index is 1.36. The summed E-state index contributed by atoms with van der Waals surface area (Å²) in [6.07, 6.45) is 4.15. The number of hydrogen-bond acceptors (Lipinski definition) is 4. The summed E-state index contributed by atoms with van der Waals surface area (Å²) in [6, 6.07) is 11.7. The van der Waals surface area contributed by atoms with Gasteiger partial charge in [-0.25, -0.2) is 4.79 Å². The van der Waals surface area contributed by atoms with Crippen molar-refractivity contribution in [3.05, 3.63) is 35.9 Å². The molecule has 150 valence electrons. The Hall–Kier alpha value is -1.59. The van der Waals surface area contributed by atoms with Crippen LogP contribution in [0.2, 0.25) is 0 Å². The molecule has 1 aliphatic carbocycles. The number of alkyl carbamates (subject to hydrolysis) is 1. The molecule has 0 bridgehead atoms. The van der Waals surface area contributed by atoms with Gasteiger partial charge in [0.1, 0.15) is 5.60 Å². The zero-order chi connectivity index (χ0) is 19.3. The first kappa shape index (κ1) is 20.2. The molecular weight excluding hydrogens is 338 g/mol. The summed E-state index contributed by atoms with van der Waals surface area (Å²) in [4.78, 5) is 17.2. The normalized spacial score (nSPS) is 25.1. The average molecular weight is 374 g/mol. The highest BCUT2D eigenvalue weighted by Crippen LogP contribution is 2.25. The smallest absolute Gasteiger partial charge is 0.407 e. The highest BCUT2D eigenvalue weighted by atomic mass is 16.6. The zero-order valence-corrected chi connectivity index (χ0v) is 17.1. The van der Waals surface area contributed by atoms with Gasteiger partial charge in [0.15, 0.2) is 0 Å². The third-order valence-electron chi connectivity index (χ3n) is 5.59. The average Bonchev–Trinajstić information content (AvgIpc) is 2.62. The minimum Gasteiger partial charge on any atom is -0.444 e. The minimum atomic E-state index is -0.430. The summed E-state index contributed by atoms with van der Waals surface area (Å²) >= 11 is 0. The monoisotopic (exact) mass is 373 g/mol. The van der Waals surface area contributed by atoms with Crippen molar-refractivity contribution in [1.29, 1.82) is 0 Å². The number of rotatable bonds is 4. The van der Waals surface area contributed by atoms with Crippen molar-refractivity contribution in [1.82, 2.24) is 15.1 Å². The first-order chi connectivity index (χ1) is 12.9. The first-order valence-electron chi connectivity index (χ1n) is 10.4. The fourth-order valence-corrected chi connectivity index (χ4v) is 4.19. The Labute approximate surface area is 164 Å². The van der Waals surface area contributed by atoms with E-state index in [-0.39, 0.29) is 12.1 Å². The summed E-state index contributed by atoms with van der Waals surface area (Å²) in [5.41, 5.74) is 0.973. The number of benzene rings is 1. The van der Waals surface area contributed by atoms with Crippen molar-refractivity contribution in [3.8, 4) is 0 Å². The van der Waals surface area contributed by atoms with Gasteiger partial charge in [-0.05, 0) is 52.0 Å². The molecule has 1 aromatic rings. The summed E-state index contributed by atoms with van der Waals surface area (Å²) in [6.45, 7) is 11.4. The number of nitrogens with zero attached hydrogens (tertiary/aromatic N) is 2. The van der Waals surface area contributed by atoms with E-state index in [1.165, 1.54) is 18.4 Å². The SMILES string of the molecule is CC(C)(C)OC(=O)N[C@H]1CC[C@H](N2CCN(Cc3ccccc3)CC2)CC1. The van der Waals surface area contributed by atoms with Gasteiger partial charge in [0.05, 0.1) is 0 Å². The second-order valence-corrected chi connectivity index (χ2v) is 8.95. The second kappa shape index (κ2) is 9.07. The second-order valence-electron chi connectivity index (χ2n) is 8.95. The molecule has 5 nitrogen and oxygen atoms in total. The van der Waals surface area contributed by atoms with Crippen molar-refractivity contribution in [2.24, 2.45) is 0 Å². The quantitative estimate of drug-likeness (QED) is 0.875. The highest BCUT2D eigenvalue weighted by molar-refractivity contribution is 5.68. The van der Waals surface area contributed by atoms with Gasteiger partial charge in [-0.2, -0.15) is 0 Å². The summed E-state index contributed by atoms with van der Waals surface area (Å²) < 4.78 is 5.38. The van der Waals surface area contributed by atoms with E-state index in [1.54, 1.807) is 0 Å². The van der Waals surface area contributed by atoms with Crippen molar-refractivity contribution in [2.75, 3.05) is 26.2 Å². The molecule has 5 heteroatoms. The van der Waals surface area contributed by atoms with E-state index < -0.39 is 5.60 Å². The van der Waals surface area contributed by atoms with Crippen LogP contribution in [0.4, 0.5) is 4.79 Å². The lowest BCUT2D eigenvalue weighted by Gasteiger charge is -2.42. The Morgan fingerprint density at radius 1 is 1.04 bits per heavy atom. The largest absolute Gasteiger partial charge is 0.444 e. The molecule has 1 amide bonds. The predicted octanol–water partition coefficient (Wildman–Crippen LogP) is 3.64. The third-order valence-corrected chi connectivity index (χ3v) is 5.59. The van der Waals surface area contributed by atoms with Gasteiger partial charge >= 0.3 is 6.09 Å². The van der Waals surface area contributed by atoms with Crippen LogP contribution < -0.4 is 5.32 Å². The van der Waals surface area contributed by atoms with E-state index in [0.29, 0.717) is 6.04 Å². The summed E-state index contributed by atoms with van der Waals surface area (Å²) in [7, 11) is 0. The van der Waals surface area contributed by atoms with Crippen molar-refractivity contribution in [3.63, 3.8) is 0 Å². The van der Waals surface area contributed by atoms with Crippen LogP contribution >= 0.6 is 0 Å². The number of ether oxygens (including phenoxy) is 1. The molecule has 2 aliphatic rings. The van der Waals surface area contributed by atoms with Crippen LogP contribution in [-0.2, 0) is 11.3 Å². The molecule has 3 rings (SSSR count). The Kier molecular flexibility index (Phi) is 6.77. The van der Waals surface area contributed by atoms with Crippen LogP contribution in [0.25, 0.3) is 0 Å². The fraction of sp³-hybridized carbons (Fsp3) is 0.682. The maximum Gasteiger partial charge on any atom is 0.407 e. The third kappa shape index (κ3) is 6.51. The van der Waals surface area contributed by atoms with Crippen LogP contribution in [0.1, 0.15) is 52.0 Å². The van der Waals surface area contributed by atoms with E-state index in [9.17, 15) is 4.79 Å². The van der Waals surface area contributed by atoms with Gasteiger partial charge in [-0.3, -0.25) is 9.80 Å². The number of hydrogen-bond donors (Lipinski definition) is 1. The Bertz CT molecular complexity index is 583. The Morgan fingerprint density at radius 2 is 1.67 bits per heavy atom. The van der Waals surface area contributed by atoms with Gasteiger partial charge in [-0.15, -0.1) is 0 Å². The molecule has 27 heavy (non-hydrogen) atoms. The molecule has 1 aromatic carbocycles. The molecule has 1 saturated heterocycles. The minimum absolute atomic E-state index is 0.260.